The van der Waals surface area contributed by atoms with E-state index in [1.54, 1.807) is 16.2 Å². The molecule has 1 aromatic rings. The normalized spacial score (nSPS) is 11.8. The average Bonchev–Trinajstić information content (AvgIpc) is 3.11. The molecule has 0 fully saturated rings. The third kappa shape index (κ3) is 8.68. The van der Waals surface area contributed by atoms with Gasteiger partial charge in [-0.15, -0.1) is 0 Å². The maximum atomic E-state index is 6.09. The minimum atomic E-state index is -2.22. The Morgan fingerprint density at radius 3 is 1.84 bits per heavy atom. The molecule has 0 bridgehead atoms. The molecule has 0 aliphatic rings. The molecule has 0 amide bonds. The van der Waals surface area contributed by atoms with Crippen LogP contribution in [0.3, 0.4) is 0 Å². The van der Waals surface area contributed by atoms with Crippen LogP contribution in [0.25, 0.3) is 0 Å². The van der Waals surface area contributed by atoms with Crippen molar-refractivity contribution in [1.29, 1.82) is 0 Å². The van der Waals surface area contributed by atoms with Gasteiger partial charge in [-0.1, -0.05) is 0 Å². The molecule has 0 aromatic carbocycles. The molecule has 0 N–H and O–H groups in total. The second-order valence-corrected chi connectivity index (χ2v) is 22.7. The second kappa shape index (κ2) is 14.4. The maximum absolute atomic E-state index is 6.09. The van der Waals surface area contributed by atoms with Crippen LogP contribution >= 0.6 is 11.3 Å². The Balaban J connectivity index is 2.77. The Morgan fingerprint density at radius 1 is 0.760 bits per heavy atom. The van der Waals surface area contributed by atoms with Gasteiger partial charge in [0, 0.05) is 0 Å². The van der Waals surface area contributed by atoms with E-state index in [2.05, 4.69) is 39.1 Å². The van der Waals surface area contributed by atoms with Gasteiger partial charge in [0.1, 0.15) is 0 Å². The van der Waals surface area contributed by atoms with Crippen LogP contribution in [0.2, 0.25) is 13.3 Å². The molecule has 1 aromatic heterocycles. The van der Waals surface area contributed by atoms with Gasteiger partial charge in [0.25, 0.3) is 0 Å². The molecule has 1 rings (SSSR count). The Morgan fingerprint density at radius 2 is 1.32 bits per heavy atom. The van der Waals surface area contributed by atoms with Gasteiger partial charge in [0.15, 0.2) is 0 Å². The predicted molar refractivity (Wildman–Crippen MR) is 118 cm³/mol. The van der Waals surface area contributed by atoms with E-state index in [9.17, 15) is 0 Å². The molecule has 0 saturated carbocycles. The fourth-order valence-electron chi connectivity index (χ4n) is 3.68. The van der Waals surface area contributed by atoms with Crippen molar-refractivity contribution < 1.29 is 4.74 Å². The monoisotopic (exact) mass is 474 g/mol. The van der Waals surface area contributed by atoms with Crippen molar-refractivity contribution in [3.05, 3.63) is 11.4 Å². The fourth-order valence-corrected chi connectivity index (χ4v) is 23.5. The quantitative estimate of drug-likeness (QED) is 0.176. The number of hydrogen-bond acceptors (Lipinski definition) is 2. The zero-order chi connectivity index (χ0) is 18.4. The van der Waals surface area contributed by atoms with Gasteiger partial charge in [-0.05, 0) is 0 Å². The van der Waals surface area contributed by atoms with E-state index < -0.39 is 18.4 Å². The average molecular weight is 473 g/mol. The van der Waals surface area contributed by atoms with E-state index in [4.69, 9.17) is 4.74 Å². The summed E-state index contributed by atoms with van der Waals surface area (Å²) < 4.78 is 12.6. The van der Waals surface area contributed by atoms with Crippen LogP contribution in [0.1, 0.15) is 91.9 Å². The molecule has 1 nitrogen and oxygen atoms in total. The van der Waals surface area contributed by atoms with Crippen LogP contribution in [0, 0.1) is 0 Å². The minimum absolute atomic E-state index is 0.900. The Bertz CT molecular complexity index is 408. The number of unbranched alkanes of at least 4 members (excludes halogenated alkanes) is 6. The molecule has 0 aliphatic heterocycles. The first-order valence-corrected chi connectivity index (χ1v) is 19.3. The summed E-state index contributed by atoms with van der Waals surface area (Å²) in [5.41, 5.74) is 0. The number of ether oxygens (including phenoxy) is 1. The van der Waals surface area contributed by atoms with Crippen LogP contribution < -0.4 is 7.63 Å². The Hall–Kier alpha value is 0.299. The third-order valence-corrected chi connectivity index (χ3v) is 24.6. The van der Waals surface area contributed by atoms with Gasteiger partial charge in [-0.3, -0.25) is 0 Å². The Labute approximate surface area is 165 Å². The molecular formula is C22H42OSSn. The SMILES string of the molecule is CCCCCCOc1cs[c]([Sn]([CH2]CCC)([CH2]CCC)[CH2]CCC)c1. The first kappa shape index (κ1) is 23.3. The topological polar surface area (TPSA) is 9.23 Å². The summed E-state index contributed by atoms with van der Waals surface area (Å²) in [6, 6.07) is 2.47. The summed E-state index contributed by atoms with van der Waals surface area (Å²) in [6.45, 7) is 10.2. The van der Waals surface area contributed by atoms with Crippen molar-refractivity contribution in [2.45, 2.75) is 105 Å². The van der Waals surface area contributed by atoms with E-state index >= 15 is 0 Å². The predicted octanol–water partition coefficient (Wildman–Crippen LogP) is 7.76. The summed E-state index contributed by atoms with van der Waals surface area (Å²) >= 11 is -0.179. The first-order valence-electron chi connectivity index (χ1n) is 10.9. The van der Waals surface area contributed by atoms with E-state index in [0.29, 0.717) is 0 Å². The van der Waals surface area contributed by atoms with E-state index in [1.165, 1.54) is 70.0 Å². The molecule has 0 saturated heterocycles. The van der Waals surface area contributed by atoms with Crippen molar-refractivity contribution >= 4 is 32.6 Å². The summed E-state index contributed by atoms with van der Waals surface area (Å²) in [5.74, 6) is 1.17. The van der Waals surface area contributed by atoms with Gasteiger partial charge in [-0.25, -0.2) is 0 Å². The van der Waals surface area contributed by atoms with E-state index in [-0.39, 0.29) is 0 Å². The molecule has 1 heterocycles. The zero-order valence-electron chi connectivity index (χ0n) is 17.4. The van der Waals surface area contributed by atoms with Gasteiger partial charge < -0.3 is 0 Å². The molecule has 146 valence electrons. The zero-order valence-corrected chi connectivity index (χ0v) is 21.0. The van der Waals surface area contributed by atoms with Gasteiger partial charge in [0.05, 0.1) is 0 Å². The van der Waals surface area contributed by atoms with E-state index in [1.807, 2.05) is 11.3 Å². The molecule has 0 spiro atoms. The van der Waals surface area contributed by atoms with Crippen LogP contribution in [0.5, 0.6) is 5.75 Å². The molecule has 3 heteroatoms. The molecular weight excluding hydrogens is 431 g/mol. The molecule has 0 aliphatic carbocycles. The van der Waals surface area contributed by atoms with E-state index in [0.717, 1.165) is 6.61 Å². The summed E-state index contributed by atoms with van der Waals surface area (Å²) in [7, 11) is 0. The molecule has 0 atom stereocenters. The van der Waals surface area contributed by atoms with Crippen LogP contribution in [0.15, 0.2) is 11.4 Å². The van der Waals surface area contributed by atoms with Gasteiger partial charge >= 0.3 is 166 Å². The second-order valence-electron chi connectivity index (χ2n) is 7.65. The van der Waals surface area contributed by atoms with Crippen molar-refractivity contribution in [3.63, 3.8) is 0 Å². The summed E-state index contributed by atoms with van der Waals surface area (Å²) in [5, 5.41) is 2.31. The fraction of sp³-hybridized carbons (Fsp3) is 0.818. The van der Waals surface area contributed by atoms with Crippen molar-refractivity contribution in [2.24, 2.45) is 0 Å². The van der Waals surface area contributed by atoms with Crippen LogP contribution in [-0.4, -0.2) is 25.0 Å². The van der Waals surface area contributed by atoms with Crippen LogP contribution in [0.4, 0.5) is 0 Å². The number of hydrogen-bond donors (Lipinski definition) is 0. The van der Waals surface area contributed by atoms with Gasteiger partial charge in [0.2, 0.25) is 0 Å². The molecule has 0 unspecified atom stereocenters. The third-order valence-electron chi connectivity index (χ3n) is 5.39. The first-order chi connectivity index (χ1) is 12.2. The summed E-state index contributed by atoms with van der Waals surface area (Å²) in [4.78, 5) is 0. The number of thiophene rings is 1. The molecule has 25 heavy (non-hydrogen) atoms. The molecule has 0 radical (unpaired) electrons. The number of rotatable bonds is 16. The van der Waals surface area contributed by atoms with Crippen molar-refractivity contribution in [2.75, 3.05) is 6.61 Å². The Kier molecular flexibility index (Phi) is 13.4. The standard InChI is InChI=1S/C10H15OS.3C4H9.Sn/c1-2-3-4-5-7-11-10-6-8-12-9-10;3*1-3-4-2;/h6,9H,2-5,7H2,1H3;3*1,3-4H2,2H3;. The van der Waals surface area contributed by atoms with Gasteiger partial charge in [-0.2, -0.15) is 0 Å². The van der Waals surface area contributed by atoms with Crippen LogP contribution in [-0.2, 0) is 0 Å². The van der Waals surface area contributed by atoms with Crippen molar-refractivity contribution in [3.8, 4) is 5.75 Å². The van der Waals surface area contributed by atoms with Crippen molar-refractivity contribution in [1.82, 2.24) is 0 Å². The summed E-state index contributed by atoms with van der Waals surface area (Å²) in [6.07, 6.45) is 13.5.